The monoisotopic (exact) mass is 307 g/mol. The van der Waals surface area contributed by atoms with Crippen molar-refractivity contribution in [2.75, 3.05) is 12.3 Å². The average Bonchev–Trinajstić information content (AvgIpc) is 2.48. The van der Waals surface area contributed by atoms with E-state index in [2.05, 4.69) is 5.32 Å². The van der Waals surface area contributed by atoms with E-state index in [0.717, 1.165) is 29.2 Å². The van der Waals surface area contributed by atoms with Gasteiger partial charge < -0.3 is 5.32 Å². The van der Waals surface area contributed by atoms with Gasteiger partial charge in [-0.25, -0.2) is 8.78 Å². The van der Waals surface area contributed by atoms with E-state index < -0.39 is 23.1 Å². The van der Waals surface area contributed by atoms with E-state index in [0.29, 0.717) is 6.54 Å². The van der Waals surface area contributed by atoms with Crippen molar-refractivity contribution in [2.45, 2.75) is 11.3 Å². The maximum atomic E-state index is 13.4. The second-order valence-corrected chi connectivity index (χ2v) is 5.54. The number of hydrogen-bond acceptors (Lipinski definition) is 2. The highest BCUT2D eigenvalue weighted by Gasteiger charge is 2.15. The van der Waals surface area contributed by atoms with E-state index in [-0.39, 0.29) is 0 Å². The van der Waals surface area contributed by atoms with Crippen molar-refractivity contribution in [3.05, 3.63) is 65.7 Å². The maximum Gasteiger partial charge on any atom is 0.257 e. The van der Waals surface area contributed by atoms with Gasteiger partial charge in [-0.2, -0.15) is 0 Å². The normalized spacial score (nSPS) is 10.4. The molecule has 0 saturated carbocycles. The molecular weight excluding hydrogens is 292 g/mol. The van der Waals surface area contributed by atoms with Gasteiger partial charge in [-0.15, -0.1) is 11.8 Å². The van der Waals surface area contributed by atoms with Crippen LogP contribution in [0.5, 0.6) is 0 Å². The van der Waals surface area contributed by atoms with Crippen LogP contribution in [0.15, 0.2) is 53.4 Å². The van der Waals surface area contributed by atoms with E-state index >= 15 is 0 Å². The lowest BCUT2D eigenvalue weighted by molar-refractivity contribution is 0.0945. The van der Waals surface area contributed by atoms with E-state index in [4.69, 9.17) is 0 Å². The van der Waals surface area contributed by atoms with Crippen LogP contribution in [0.1, 0.15) is 16.8 Å². The first-order valence-electron chi connectivity index (χ1n) is 6.58. The highest BCUT2D eigenvalue weighted by Crippen LogP contribution is 2.17. The molecule has 2 nitrogen and oxygen atoms in total. The fourth-order valence-electron chi connectivity index (χ4n) is 1.78. The molecule has 0 unspecified atom stereocenters. The summed E-state index contributed by atoms with van der Waals surface area (Å²) in [5.74, 6) is -1.57. The molecular formula is C16H15F2NOS. The molecule has 110 valence electrons. The van der Waals surface area contributed by atoms with Gasteiger partial charge in [0, 0.05) is 11.4 Å². The zero-order chi connectivity index (χ0) is 15.1. The van der Waals surface area contributed by atoms with Gasteiger partial charge in [0.15, 0.2) is 0 Å². The van der Waals surface area contributed by atoms with Crippen molar-refractivity contribution >= 4 is 17.7 Å². The number of thioether (sulfide) groups is 1. The van der Waals surface area contributed by atoms with Crippen molar-refractivity contribution in [2.24, 2.45) is 0 Å². The number of benzene rings is 2. The second kappa shape index (κ2) is 7.78. The molecule has 5 heteroatoms. The van der Waals surface area contributed by atoms with Crippen LogP contribution in [0.2, 0.25) is 0 Å². The molecule has 2 rings (SSSR count). The molecule has 1 amide bonds. The minimum atomic E-state index is -0.842. The molecule has 0 fully saturated rings. The Balaban J connectivity index is 1.75. The standard InChI is InChI=1S/C16H15F2NOS/c17-13-8-4-9-14(18)15(13)16(20)19-10-5-11-21-12-6-2-1-3-7-12/h1-4,6-9H,5,10-11H2,(H,19,20). The average molecular weight is 307 g/mol. The van der Waals surface area contributed by atoms with Gasteiger partial charge in [-0.3, -0.25) is 4.79 Å². The molecule has 1 N–H and O–H groups in total. The Morgan fingerprint density at radius 1 is 1.00 bits per heavy atom. The summed E-state index contributed by atoms with van der Waals surface area (Å²) in [5, 5.41) is 2.53. The summed E-state index contributed by atoms with van der Waals surface area (Å²) in [6.07, 6.45) is 0.724. The van der Waals surface area contributed by atoms with Gasteiger partial charge in [0.1, 0.15) is 17.2 Å². The van der Waals surface area contributed by atoms with Crippen molar-refractivity contribution in [1.29, 1.82) is 0 Å². The molecule has 0 radical (unpaired) electrons. The molecule has 0 aliphatic heterocycles. The van der Waals surface area contributed by atoms with Crippen LogP contribution < -0.4 is 5.32 Å². The second-order valence-electron chi connectivity index (χ2n) is 4.37. The lowest BCUT2D eigenvalue weighted by Gasteiger charge is -2.07. The number of carbonyl (C=O) groups excluding carboxylic acids is 1. The van der Waals surface area contributed by atoms with Crippen LogP contribution in [0.25, 0.3) is 0 Å². The zero-order valence-electron chi connectivity index (χ0n) is 11.3. The van der Waals surface area contributed by atoms with Crippen LogP contribution in [0.4, 0.5) is 8.78 Å². The molecule has 2 aromatic rings. The molecule has 0 saturated heterocycles. The lowest BCUT2D eigenvalue weighted by atomic mass is 10.2. The first-order valence-corrected chi connectivity index (χ1v) is 7.57. The highest BCUT2D eigenvalue weighted by molar-refractivity contribution is 7.99. The minimum absolute atomic E-state index is 0.381. The van der Waals surface area contributed by atoms with E-state index in [1.165, 1.54) is 6.07 Å². The van der Waals surface area contributed by atoms with Gasteiger partial charge in [0.2, 0.25) is 0 Å². The number of nitrogens with one attached hydrogen (secondary N) is 1. The molecule has 0 aliphatic carbocycles. The molecule has 0 bridgehead atoms. The molecule has 0 spiro atoms. The molecule has 0 aromatic heterocycles. The van der Waals surface area contributed by atoms with Gasteiger partial charge in [-0.1, -0.05) is 24.3 Å². The molecule has 0 atom stereocenters. The van der Waals surface area contributed by atoms with Gasteiger partial charge in [-0.05, 0) is 36.4 Å². The van der Waals surface area contributed by atoms with Crippen LogP contribution >= 0.6 is 11.8 Å². The Bertz CT molecular complexity index is 584. The summed E-state index contributed by atoms with van der Waals surface area (Å²) in [6.45, 7) is 0.381. The van der Waals surface area contributed by atoms with E-state index in [9.17, 15) is 13.6 Å². The van der Waals surface area contributed by atoms with Crippen molar-refractivity contribution in [3.63, 3.8) is 0 Å². The highest BCUT2D eigenvalue weighted by atomic mass is 32.2. The first kappa shape index (κ1) is 15.5. The zero-order valence-corrected chi connectivity index (χ0v) is 12.1. The third-order valence-corrected chi connectivity index (χ3v) is 3.91. The summed E-state index contributed by atoms with van der Waals surface area (Å²) in [4.78, 5) is 12.9. The lowest BCUT2D eigenvalue weighted by Crippen LogP contribution is -2.26. The summed E-state index contributed by atoms with van der Waals surface area (Å²) in [7, 11) is 0. The molecule has 0 heterocycles. The fraction of sp³-hybridized carbons (Fsp3) is 0.188. The first-order chi connectivity index (χ1) is 10.2. The third-order valence-electron chi connectivity index (χ3n) is 2.81. The predicted octanol–water partition coefficient (Wildman–Crippen LogP) is 3.88. The van der Waals surface area contributed by atoms with E-state index in [1.807, 2.05) is 30.3 Å². The van der Waals surface area contributed by atoms with Crippen LogP contribution in [-0.2, 0) is 0 Å². The maximum absolute atomic E-state index is 13.4. The van der Waals surface area contributed by atoms with Crippen LogP contribution in [0.3, 0.4) is 0 Å². The molecule has 21 heavy (non-hydrogen) atoms. The van der Waals surface area contributed by atoms with Crippen molar-refractivity contribution < 1.29 is 13.6 Å². The van der Waals surface area contributed by atoms with Crippen LogP contribution in [-0.4, -0.2) is 18.2 Å². The SMILES string of the molecule is O=C(NCCCSc1ccccc1)c1c(F)cccc1F. The summed E-state index contributed by atoms with van der Waals surface area (Å²) < 4.78 is 26.8. The number of amides is 1. The number of carbonyl (C=O) groups is 1. The summed E-state index contributed by atoms with van der Waals surface area (Å²) in [6, 6.07) is 13.3. The Morgan fingerprint density at radius 3 is 2.33 bits per heavy atom. The van der Waals surface area contributed by atoms with Gasteiger partial charge in [0.05, 0.1) is 0 Å². The minimum Gasteiger partial charge on any atom is -0.352 e. The third kappa shape index (κ3) is 4.56. The Hall–Kier alpha value is -1.88. The fourth-order valence-corrected chi connectivity index (χ4v) is 2.66. The number of rotatable bonds is 6. The topological polar surface area (TPSA) is 29.1 Å². The smallest absolute Gasteiger partial charge is 0.257 e. The summed E-state index contributed by atoms with van der Waals surface area (Å²) in [5.41, 5.74) is -0.520. The quantitative estimate of drug-likeness (QED) is 0.648. The van der Waals surface area contributed by atoms with Gasteiger partial charge >= 0.3 is 0 Å². The number of halogens is 2. The van der Waals surface area contributed by atoms with Gasteiger partial charge in [0.25, 0.3) is 5.91 Å². The van der Waals surface area contributed by atoms with Crippen molar-refractivity contribution in [1.82, 2.24) is 5.32 Å². The molecule has 2 aromatic carbocycles. The van der Waals surface area contributed by atoms with Crippen molar-refractivity contribution in [3.8, 4) is 0 Å². The Kier molecular flexibility index (Phi) is 5.75. The van der Waals surface area contributed by atoms with Crippen LogP contribution in [0, 0.1) is 11.6 Å². The Morgan fingerprint density at radius 2 is 1.67 bits per heavy atom. The molecule has 0 aliphatic rings. The summed E-state index contributed by atoms with van der Waals surface area (Å²) >= 11 is 1.67. The number of hydrogen-bond donors (Lipinski definition) is 1. The largest absolute Gasteiger partial charge is 0.352 e. The predicted molar refractivity (Wildman–Crippen MR) is 80.5 cm³/mol. The van der Waals surface area contributed by atoms with E-state index in [1.54, 1.807) is 11.8 Å². The Labute approximate surface area is 126 Å².